The number of hydrogen-bond donors (Lipinski definition) is 1. The van der Waals surface area contributed by atoms with Crippen molar-refractivity contribution in [3.8, 4) is 11.3 Å². The number of halogens is 1. The Morgan fingerprint density at radius 1 is 1.17 bits per heavy atom. The Hall–Kier alpha value is -1.63. The maximum absolute atomic E-state index is 12.5. The third kappa shape index (κ3) is 4.06. The number of thioether (sulfide) groups is 1. The SMILES string of the molecule is CCSc1nc(-c2ccccc2)c(NC(=O)c2ccc(Br)cc2)s1. The maximum Gasteiger partial charge on any atom is 0.256 e. The summed E-state index contributed by atoms with van der Waals surface area (Å²) in [5.74, 6) is 0.818. The molecule has 122 valence electrons. The lowest BCUT2D eigenvalue weighted by atomic mass is 10.1. The van der Waals surface area contributed by atoms with E-state index in [4.69, 9.17) is 4.98 Å². The van der Waals surface area contributed by atoms with Crippen molar-refractivity contribution in [2.45, 2.75) is 11.3 Å². The van der Waals surface area contributed by atoms with Crippen LogP contribution in [0.4, 0.5) is 5.00 Å². The van der Waals surface area contributed by atoms with E-state index in [1.165, 1.54) is 11.3 Å². The molecule has 1 amide bonds. The summed E-state index contributed by atoms with van der Waals surface area (Å²) in [5, 5.41) is 3.79. The minimum absolute atomic E-state index is 0.128. The van der Waals surface area contributed by atoms with Gasteiger partial charge in [-0.15, -0.1) is 0 Å². The van der Waals surface area contributed by atoms with Gasteiger partial charge in [0.1, 0.15) is 10.7 Å². The van der Waals surface area contributed by atoms with E-state index in [1.54, 1.807) is 23.9 Å². The van der Waals surface area contributed by atoms with E-state index in [1.807, 2.05) is 42.5 Å². The molecule has 0 saturated heterocycles. The number of aromatic nitrogens is 1. The molecule has 3 rings (SSSR count). The van der Waals surface area contributed by atoms with E-state index >= 15 is 0 Å². The predicted molar refractivity (Wildman–Crippen MR) is 106 cm³/mol. The van der Waals surface area contributed by atoms with Crippen molar-refractivity contribution in [3.05, 3.63) is 64.6 Å². The monoisotopic (exact) mass is 418 g/mol. The molecule has 0 unspecified atom stereocenters. The first-order chi connectivity index (χ1) is 11.7. The molecule has 0 fully saturated rings. The van der Waals surface area contributed by atoms with Crippen molar-refractivity contribution in [3.63, 3.8) is 0 Å². The number of thiazole rings is 1. The molecule has 0 aliphatic rings. The first-order valence-corrected chi connectivity index (χ1v) is 10.0. The fraction of sp³-hybridized carbons (Fsp3) is 0.111. The van der Waals surface area contributed by atoms with Crippen LogP contribution in [0, 0.1) is 0 Å². The van der Waals surface area contributed by atoms with Gasteiger partial charge in [0.15, 0.2) is 4.34 Å². The van der Waals surface area contributed by atoms with Crippen molar-refractivity contribution >= 4 is 49.9 Å². The van der Waals surface area contributed by atoms with Gasteiger partial charge in [-0.1, -0.05) is 76.3 Å². The fourth-order valence-electron chi connectivity index (χ4n) is 2.14. The smallest absolute Gasteiger partial charge is 0.256 e. The largest absolute Gasteiger partial charge is 0.312 e. The van der Waals surface area contributed by atoms with Crippen molar-refractivity contribution in [2.75, 3.05) is 11.1 Å². The second kappa shape index (κ2) is 7.96. The Balaban J connectivity index is 1.91. The Morgan fingerprint density at radius 3 is 2.54 bits per heavy atom. The van der Waals surface area contributed by atoms with Gasteiger partial charge in [0.2, 0.25) is 0 Å². The third-order valence-electron chi connectivity index (χ3n) is 3.26. The van der Waals surface area contributed by atoms with E-state index < -0.39 is 0 Å². The first kappa shape index (κ1) is 17.2. The van der Waals surface area contributed by atoms with Gasteiger partial charge in [0, 0.05) is 15.6 Å². The molecular formula is C18H15BrN2OS2. The topological polar surface area (TPSA) is 42.0 Å². The highest BCUT2D eigenvalue weighted by molar-refractivity contribution is 9.10. The molecule has 24 heavy (non-hydrogen) atoms. The van der Waals surface area contributed by atoms with Gasteiger partial charge in [0.05, 0.1) is 0 Å². The van der Waals surface area contributed by atoms with Crippen molar-refractivity contribution in [1.29, 1.82) is 0 Å². The molecule has 3 nitrogen and oxygen atoms in total. The molecule has 1 aromatic heterocycles. The van der Waals surface area contributed by atoms with Crippen LogP contribution in [0.3, 0.4) is 0 Å². The predicted octanol–water partition coefficient (Wildman–Crippen LogP) is 5.94. The first-order valence-electron chi connectivity index (χ1n) is 7.43. The summed E-state index contributed by atoms with van der Waals surface area (Å²) in [6.07, 6.45) is 0. The third-order valence-corrected chi connectivity index (χ3v) is 5.78. The molecule has 3 aromatic rings. The Kier molecular flexibility index (Phi) is 5.71. The number of anilines is 1. The van der Waals surface area contributed by atoms with Crippen LogP contribution >= 0.6 is 39.0 Å². The molecular weight excluding hydrogens is 404 g/mol. The number of carbonyl (C=O) groups excluding carboxylic acids is 1. The van der Waals surface area contributed by atoms with Gasteiger partial charge in [0.25, 0.3) is 5.91 Å². The van der Waals surface area contributed by atoms with Crippen LogP contribution < -0.4 is 5.32 Å². The molecule has 0 saturated carbocycles. The van der Waals surface area contributed by atoms with Crippen LogP contribution in [0.5, 0.6) is 0 Å². The van der Waals surface area contributed by atoms with Crippen LogP contribution in [0.25, 0.3) is 11.3 Å². The summed E-state index contributed by atoms with van der Waals surface area (Å²) in [5.41, 5.74) is 2.44. The van der Waals surface area contributed by atoms with Gasteiger partial charge in [-0.25, -0.2) is 4.98 Å². The zero-order valence-electron chi connectivity index (χ0n) is 13.0. The lowest BCUT2D eigenvalue weighted by Crippen LogP contribution is -2.11. The number of amides is 1. The summed E-state index contributed by atoms with van der Waals surface area (Å²) in [7, 11) is 0. The lowest BCUT2D eigenvalue weighted by Gasteiger charge is -2.05. The van der Waals surface area contributed by atoms with Crippen molar-refractivity contribution < 1.29 is 4.79 Å². The van der Waals surface area contributed by atoms with Crippen LogP contribution in [-0.4, -0.2) is 16.6 Å². The Bertz CT molecular complexity index is 832. The van der Waals surface area contributed by atoms with Crippen LogP contribution in [0.1, 0.15) is 17.3 Å². The van der Waals surface area contributed by atoms with Crippen LogP contribution in [0.2, 0.25) is 0 Å². The number of nitrogens with zero attached hydrogens (tertiary/aromatic N) is 1. The molecule has 1 heterocycles. The number of benzene rings is 2. The van der Waals surface area contributed by atoms with Crippen molar-refractivity contribution in [1.82, 2.24) is 4.98 Å². The second-order valence-corrected chi connectivity index (χ2v) is 8.34. The van der Waals surface area contributed by atoms with Gasteiger partial charge in [-0.2, -0.15) is 0 Å². The number of hydrogen-bond acceptors (Lipinski definition) is 4. The standard InChI is InChI=1S/C18H15BrN2OS2/c1-2-23-18-20-15(12-6-4-3-5-7-12)17(24-18)21-16(22)13-8-10-14(19)11-9-13/h3-11H,2H2,1H3,(H,21,22). The summed E-state index contributed by atoms with van der Waals surface area (Å²) >= 11 is 6.58. The molecule has 1 N–H and O–H groups in total. The average molecular weight is 419 g/mol. The van der Waals surface area contributed by atoms with E-state index in [0.29, 0.717) is 5.56 Å². The highest BCUT2D eigenvalue weighted by atomic mass is 79.9. The molecule has 0 radical (unpaired) electrons. The zero-order valence-corrected chi connectivity index (χ0v) is 16.2. The summed E-state index contributed by atoms with van der Waals surface area (Å²) in [4.78, 5) is 17.2. The molecule has 0 aliphatic carbocycles. The van der Waals surface area contributed by atoms with Gasteiger partial charge in [-0.3, -0.25) is 4.79 Å². The second-order valence-electron chi connectivity index (χ2n) is 4.92. The molecule has 2 aromatic carbocycles. The van der Waals surface area contributed by atoms with Gasteiger partial charge in [-0.05, 0) is 30.0 Å². The summed E-state index contributed by atoms with van der Waals surface area (Å²) in [6, 6.07) is 17.2. The number of nitrogens with one attached hydrogen (secondary N) is 1. The van der Waals surface area contributed by atoms with Crippen LogP contribution in [0.15, 0.2) is 63.4 Å². The normalized spacial score (nSPS) is 10.6. The summed E-state index contributed by atoms with van der Waals surface area (Å²) < 4.78 is 1.91. The van der Waals surface area contributed by atoms with E-state index in [0.717, 1.165) is 30.8 Å². The maximum atomic E-state index is 12.5. The fourth-order valence-corrected chi connectivity index (χ4v) is 4.36. The van der Waals surface area contributed by atoms with Crippen LogP contribution in [-0.2, 0) is 0 Å². The van der Waals surface area contributed by atoms with Crippen molar-refractivity contribution in [2.24, 2.45) is 0 Å². The van der Waals surface area contributed by atoms with E-state index in [-0.39, 0.29) is 5.91 Å². The van der Waals surface area contributed by atoms with E-state index in [2.05, 4.69) is 28.2 Å². The number of carbonyl (C=O) groups is 1. The average Bonchev–Trinajstić information content (AvgIpc) is 2.99. The summed E-state index contributed by atoms with van der Waals surface area (Å²) in [6.45, 7) is 2.09. The Morgan fingerprint density at radius 2 is 1.88 bits per heavy atom. The quantitative estimate of drug-likeness (QED) is 0.521. The lowest BCUT2D eigenvalue weighted by molar-refractivity contribution is 0.102. The molecule has 0 spiro atoms. The molecule has 0 atom stereocenters. The van der Waals surface area contributed by atoms with E-state index in [9.17, 15) is 4.79 Å². The zero-order chi connectivity index (χ0) is 16.9. The Labute approximate surface area is 157 Å². The molecule has 6 heteroatoms. The highest BCUT2D eigenvalue weighted by Gasteiger charge is 2.16. The molecule has 0 bridgehead atoms. The molecule has 0 aliphatic heterocycles. The minimum Gasteiger partial charge on any atom is -0.312 e. The van der Waals surface area contributed by atoms with Gasteiger partial charge >= 0.3 is 0 Å². The minimum atomic E-state index is -0.128. The highest BCUT2D eigenvalue weighted by Crippen LogP contribution is 2.37. The van der Waals surface area contributed by atoms with Gasteiger partial charge < -0.3 is 5.32 Å². The number of rotatable bonds is 5.